The highest BCUT2D eigenvalue weighted by Crippen LogP contribution is 2.14. The highest BCUT2D eigenvalue weighted by Gasteiger charge is 2.01. The van der Waals surface area contributed by atoms with E-state index in [1.165, 1.54) is 0 Å². The summed E-state index contributed by atoms with van der Waals surface area (Å²) in [6, 6.07) is 7.96. The van der Waals surface area contributed by atoms with Gasteiger partial charge >= 0.3 is 0 Å². The van der Waals surface area contributed by atoms with Crippen molar-refractivity contribution in [1.82, 2.24) is 9.97 Å². The number of anilines is 1. The van der Waals surface area contributed by atoms with Crippen LogP contribution in [-0.4, -0.2) is 9.97 Å². The van der Waals surface area contributed by atoms with Crippen LogP contribution in [0.2, 0.25) is 5.28 Å². The van der Waals surface area contributed by atoms with Gasteiger partial charge in [0.05, 0.1) is 0 Å². The maximum Gasteiger partial charge on any atom is 0.224 e. The van der Waals surface area contributed by atoms with Crippen molar-refractivity contribution < 1.29 is 0 Å². The molecule has 0 atom stereocenters. The zero-order valence-electron chi connectivity index (χ0n) is 9.31. The van der Waals surface area contributed by atoms with Crippen molar-refractivity contribution in [3.05, 3.63) is 46.9 Å². The Morgan fingerprint density at radius 3 is 2.71 bits per heavy atom. The van der Waals surface area contributed by atoms with Crippen LogP contribution in [0.3, 0.4) is 0 Å². The van der Waals surface area contributed by atoms with Crippen molar-refractivity contribution in [2.45, 2.75) is 18.4 Å². The predicted octanol–water partition coefficient (Wildman–Crippen LogP) is 3.34. The van der Waals surface area contributed by atoms with Crippen LogP contribution in [0.1, 0.15) is 11.1 Å². The predicted molar refractivity (Wildman–Crippen MR) is 72.8 cm³/mol. The Morgan fingerprint density at radius 2 is 2.00 bits per heavy atom. The van der Waals surface area contributed by atoms with Gasteiger partial charge in [0.2, 0.25) is 5.28 Å². The lowest BCUT2D eigenvalue weighted by atomic mass is 10.2. The van der Waals surface area contributed by atoms with Crippen LogP contribution in [0.5, 0.6) is 0 Å². The fraction of sp³-hybridized carbons (Fsp3) is 0.167. The zero-order valence-corrected chi connectivity index (χ0v) is 11.0. The molecule has 1 heterocycles. The zero-order chi connectivity index (χ0) is 12.3. The summed E-state index contributed by atoms with van der Waals surface area (Å²) >= 11 is 9.99. The number of benzene rings is 1. The van der Waals surface area contributed by atoms with Gasteiger partial charge in [0.25, 0.3) is 0 Å². The number of hydrogen-bond acceptors (Lipinski definition) is 4. The number of thiol groups is 1. The number of hydrogen-bond donors (Lipinski definition) is 2. The molecule has 0 fully saturated rings. The van der Waals surface area contributed by atoms with Gasteiger partial charge in [-0.25, -0.2) is 9.97 Å². The standard InChI is InChI=1S/C12H12ClN3S/c1-8-6-15-12(13)16-11(8)14-7-9-2-4-10(17)5-3-9/h2-6,17H,7H2,1H3,(H,14,15,16). The number of aryl methyl sites for hydroxylation is 1. The molecule has 0 spiro atoms. The molecular formula is C12H12ClN3S. The van der Waals surface area contributed by atoms with Crippen LogP contribution in [0.15, 0.2) is 35.4 Å². The summed E-state index contributed by atoms with van der Waals surface area (Å²) < 4.78 is 0. The molecule has 88 valence electrons. The Morgan fingerprint density at radius 1 is 1.29 bits per heavy atom. The quantitative estimate of drug-likeness (QED) is 0.660. The summed E-state index contributed by atoms with van der Waals surface area (Å²) in [6.07, 6.45) is 1.70. The van der Waals surface area contributed by atoms with E-state index in [-0.39, 0.29) is 5.28 Å². The number of nitrogens with one attached hydrogen (secondary N) is 1. The third-order valence-corrected chi connectivity index (χ3v) is 2.82. The minimum atomic E-state index is 0.254. The van der Waals surface area contributed by atoms with Crippen molar-refractivity contribution in [2.24, 2.45) is 0 Å². The maximum atomic E-state index is 5.75. The lowest BCUT2D eigenvalue weighted by Crippen LogP contribution is -2.03. The van der Waals surface area contributed by atoms with E-state index in [1.54, 1.807) is 6.20 Å². The Kier molecular flexibility index (Phi) is 3.86. The monoisotopic (exact) mass is 265 g/mol. The molecule has 2 aromatic rings. The first kappa shape index (κ1) is 12.2. The van der Waals surface area contributed by atoms with Gasteiger partial charge in [-0.1, -0.05) is 12.1 Å². The van der Waals surface area contributed by atoms with Gasteiger partial charge in [0, 0.05) is 23.2 Å². The minimum Gasteiger partial charge on any atom is -0.366 e. The average Bonchev–Trinajstić information content (AvgIpc) is 2.32. The average molecular weight is 266 g/mol. The van der Waals surface area contributed by atoms with Crippen molar-refractivity contribution >= 4 is 30.0 Å². The van der Waals surface area contributed by atoms with Crippen LogP contribution in [0, 0.1) is 6.92 Å². The molecule has 0 amide bonds. The van der Waals surface area contributed by atoms with E-state index in [9.17, 15) is 0 Å². The summed E-state index contributed by atoms with van der Waals surface area (Å²) in [5, 5.41) is 3.48. The van der Waals surface area contributed by atoms with Gasteiger partial charge in [0.1, 0.15) is 5.82 Å². The third kappa shape index (κ3) is 3.35. The smallest absolute Gasteiger partial charge is 0.224 e. The summed E-state index contributed by atoms with van der Waals surface area (Å²) in [5.74, 6) is 0.764. The van der Waals surface area contributed by atoms with Crippen LogP contribution in [-0.2, 0) is 6.54 Å². The molecule has 0 saturated heterocycles. The van der Waals surface area contributed by atoms with E-state index in [1.807, 2.05) is 31.2 Å². The molecule has 0 unspecified atom stereocenters. The fourth-order valence-corrected chi connectivity index (χ4v) is 1.68. The first-order valence-electron chi connectivity index (χ1n) is 5.16. The van der Waals surface area contributed by atoms with Crippen LogP contribution < -0.4 is 5.32 Å². The SMILES string of the molecule is Cc1cnc(Cl)nc1NCc1ccc(S)cc1. The summed E-state index contributed by atoms with van der Waals surface area (Å²) in [6.45, 7) is 2.64. The second-order valence-corrected chi connectivity index (χ2v) is 4.55. The normalized spacial score (nSPS) is 10.3. The molecule has 0 radical (unpaired) electrons. The van der Waals surface area contributed by atoms with Gasteiger partial charge in [0.15, 0.2) is 0 Å². The minimum absolute atomic E-state index is 0.254. The van der Waals surface area contributed by atoms with E-state index in [2.05, 4.69) is 27.9 Å². The van der Waals surface area contributed by atoms with Gasteiger partial charge in [-0.15, -0.1) is 12.6 Å². The Hall–Kier alpha value is -1.26. The molecule has 0 saturated carbocycles. The number of aromatic nitrogens is 2. The first-order chi connectivity index (χ1) is 8.15. The van der Waals surface area contributed by atoms with Crippen molar-refractivity contribution in [3.63, 3.8) is 0 Å². The summed E-state index contributed by atoms with van der Waals surface area (Å²) in [7, 11) is 0. The molecule has 17 heavy (non-hydrogen) atoms. The van der Waals surface area contributed by atoms with E-state index in [4.69, 9.17) is 11.6 Å². The lowest BCUT2D eigenvalue weighted by molar-refractivity contribution is 1.06. The van der Waals surface area contributed by atoms with Crippen LogP contribution >= 0.6 is 24.2 Å². The lowest BCUT2D eigenvalue weighted by Gasteiger charge is -2.08. The number of rotatable bonds is 3. The van der Waals surface area contributed by atoms with E-state index < -0.39 is 0 Å². The molecule has 1 aromatic heterocycles. The molecule has 1 aromatic carbocycles. The molecule has 0 aliphatic carbocycles. The Labute approximate surface area is 111 Å². The van der Waals surface area contributed by atoms with Crippen molar-refractivity contribution in [3.8, 4) is 0 Å². The van der Waals surface area contributed by atoms with Crippen LogP contribution in [0.25, 0.3) is 0 Å². The second-order valence-electron chi connectivity index (χ2n) is 3.69. The van der Waals surface area contributed by atoms with Gasteiger partial charge < -0.3 is 5.32 Å². The number of nitrogens with zero attached hydrogens (tertiary/aromatic N) is 2. The highest BCUT2D eigenvalue weighted by molar-refractivity contribution is 7.80. The van der Waals surface area contributed by atoms with Crippen LogP contribution in [0.4, 0.5) is 5.82 Å². The van der Waals surface area contributed by atoms with Crippen molar-refractivity contribution in [2.75, 3.05) is 5.32 Å². The molecule has 1 N–H and O–H groups in total. The highest BCUT2D eigenvalue weighted by atomic mass is 35.5. The van der Waals surface area contributed by atoms with E-state index >= 15 is 0 Å². The first-order valence-corrected chi connectivity index (χ1v) is 5.98. The molecule has 5 heteroatoms. The van der Waals surface area contributed by atoms with Gasteiger partial charge in [-0.2, -0.15) is 0 Å². The third-order valence-electron chi connectivity index (χ3n) is 2.34. The van der Waals surface area contributed by atoms with Crippen molar-refractivity contribution in [1.29, 1.82) is 0 Å². The molecule has 3 nitrogen and oxygen atoms in total. The van der Waals surface area contributed by atoms with Gasteiger partial charge in [-0.05, 0) is 36.2 Å². The molecule has 0 aliphatic rings. The fourth-order valence-electron chi connectivity index (χ4n) is 1.40. The molecule has 2 rings (SSSR count). The summed E-state index contributed by atoms with van der Waals surface area (Å²) in [4.78, 5) is 9.00. The molecule has 0 aliphatic heterocycles. The molecular weight excluding hydrogens is 254 g/mol. The largest absolute Gasteiger partial charge is 0.366 e. The molecule has 0 bridgehead atoms. The number of halogens is 1. The van der Waals surface area contributed by atoms with Gasteiger partial charge in [-0.3, -0.25) is 0 Å². The summed E-state index contributed by atoms with van der Waals surface area (Å²) in [5.41, 5.74) is 2.14. The van der Waals surface area contributed by atoms with E-state index in [0.717, 1.165) is 21.8 Å². The van der Waals surface area contributed by atoms with E-state index in [0.29, 0.717) is 6.54 Å². The Bertz CT molecular complexity index is 514. The maximum absolute atomic E-state index is 5.75. The second kappa shape index (κ2) is 5.38. The Balaban J connectivity index is 2.07. The topological polar surface area (TPSA) is 37.8 Å².